The van der Waals surface area contributed by atoms with Gasteiger partial charge in [0.1, 0.15) is 19.3 Å². The summed E-state index contributed by atoms with van der Waals surface area (Å²) < 4.78 is 68.6. The first-order chi connectivity index (χ1) is 51.7. The third-order valence-electron chi connectivity index (χ3n) is 16.2. The van der Waals surface area contributed by atoms with Gasteiger partial charge in [0.15, 0.2) is 12.2 Å². The van der Waals surface area contributed by atoms with E-state index in [1.165, 1.54) is 38.5 Å². The molecule has 602 valence electrons. The van der Waals surface area contributed by atoms with E-state index in [1.54, 1.807) is 0 Å². The number of aliphatic hydroxyl groups is 1. The van der Waals surface area contributed by atoms with Gasteiger partial charge in [-0.15, -0.1) is 0 Å². The van der Waals surface area contributed by atoms with E-state index in [2.05, 4.69) is 186 Å². The lowest BCUT2D eigenvalue weighted by Crippen LogP contribution is -2.30. The fourth-order valence-corrected chi connectivity index (χ4v) is 11.7. The monoisotopic (exact) mass is 1520 g/mol. The molecule has 0 bridgehead atoms. The van der Waals surface area contributed by atoms with Crippen LogP contribution in [0, 0.1) is 0 Å². The van der Waals surface area contributed by atoms with Crippen LogP contribution in [0.25, 0.3) is 0 Å². The Morgan fingerprint density at radius 1 is 0.274 bits per heavy atom. The Bertz CT molecular complexity index is 2680. The van der Waals surface area contributed by atoms with Gasteiger partial charge in [-0.05, 0) is 167 Å². The molecular weight excluding hydrogens is 1380 g/mol. The molecule has 0 aromatic carbocycles. The molecule has 19 heteroatoms. The van der Waals surface area contributed by atoms with Crippen molar-refractivity contribution in [2.45, 2.75) is 316 Å². The summed E-state index contributed by atoms with van der Waals surface area (Å²) in [5, 5.41) is 10.6. The Morgan fingerprint density at radius 3 is 0.811 bits per heavy atom. The number of unbranched alkanes of at least 4 members (excludes halogenated alkanes) is 20. The first-order valence-electron chi connectivity index (χ1n) is 40.4. The maximum atomic E-state index is 13.1. The summed E-state index contributed by atoms with van der Waals surface area (Å²) in [5.74, 6) is -2.32. The highest BCUT2D eigenvalue weighted by Crippen LogP contribution is 2.45. The molecular formula is C87H142O17P2. The molecule has 5 unspecified atom stereocenters. The van der Waals surface area contributed by atoms with Crippen LogP contribution >= 0.6 is 15.6 Å². The van der Waals surface area contributed by atoms with Crippen molar-refractivity contribution >= 4 is 39.5 Å². The van der Waals surface area contributed by atoms with Crippen LogP contribution in [0.2, 0.25) is 0 Å². The van der Waals surface area contributed by atoms with Crippen LogP contribution in [-0.4, -0.2) is 96.7 Å². The van der Waals surface area contributed by atoms with Crippen LogP contribution < -0.4 is 0 Å². The number of allylic oxidation sites excluding steroid dienone is 28. The maximum Gasteiger partial charge on any atom is 0.472 e. The quantitative estimate of drug-likeness (QED) is 0.0169. The fraction of sp³-hybridized carbons (Fsp3) is 0.632. The third-order valence-corrected chi connectivity index (χ3v) is 18.1. The van der Waals surface area contributed by atoms with Gasteiger partial charge in [-0.25, -0.2) is 9.13 Å². The standard InChI is InChI=1S/C87H142O17P2/c1-5-9-13-17-21-25-29-33-37-39-40-42-46-48-52-56-60-64-68-72-85(90)98-78-83(104-87(92)74-70-66-62-58-54-50-44-36-32-28-24-20-16-12-8-4)80-102-106(95,96)100-76-81(88)75-99-105(93,94)101-79-82(103-86(91)73-69-65-61-57-53-49-43-35-31-27-23-19-15-11-7-3)77-97-84(89)71-67-63-59-55-51-47-45-41-38-34-30-26-22-18-14-10-6-2/h9-11,13-15,21-23,25-27,33-38,40,42-45,47-48,52,55,59,81-83,88H,5-8,12,16-20,24,28-32,39,41,46,49-51,53-54,56-58,60-80H2,1-4H3,(H,93,94)(H,95,96)/b13-9-,14-10-,15-11-,25-21-,26-22-,27-23-,37-33-,38-34-,42-40-,43-35-,44-36-,47-45-,52-48-,59-55-. The topological polar surface area (TPSA) is 237 Å². The molecule has 0 aliphatic heterocycles. The average Bonchev–Trinajstić information content (AvgIpc) is 0.909. The highest BCUT2D eigenvalue weighted by atomic mass is 31.2. The van der Waals surface area contributed by atoms with Gasteiger partial charge in [-0.2, -0.15) is 0 Å². The highest BCUT2D eigenvalue weighted by molar-refractivity contribution is 7.47. The molecule has 3 N–H and O–H groups in total. The number of hydrogen-bond acceptors (Lipinski definition) is 15. The molecule has 0 rings (SSSR count). The zero-order chi connectivity index (χ0) is 77.4. The molecule has 0 spiro atoms. The van der Waals surface area contributed by atoms with Crippen molar-refractivity contribution in [1.82, 2.24) is 0 Å². The number of carbonyl (C=O) groups excluding carboxylic acids is 4. The van der Waals surface area contributed by atoms with E-state index >= 15 is 0 Å². The van der Waals surface area contributed by atoms with E-state index in [-0.39, 0.29) is 25.7 Å². The molecule has 5 atom stereocenters. The molecule has 0 aromatic rings. The van der Waals surface area contributed by atoms with Crippen LogP contribution in [-0.2, 0) is 65.4 Å². The lowest BCUT2D eigenvalue weighted by Gasteiger charge is -2.21. The van der Waals surface area contributed by atoms with Gasteiger partial charge in [0.05, 0.1) is 26.4 Å². The predicted octanol–water partition coefficient (Wildman–Crippen LogP) is 23.8. The summed E-state index contributed by atoms with van der Waals surface area (Å²) in [6.07, 6.45) is 91.9. The minimum Gasteiger partial charge on any atom is -0.462 e. The molecule has 0 aliphatic carbocycles. The maximum absolute atomic E-state index is 13.1. The van der Waals surface area contributed by atoms with Gasteiger partial charge in [-0.1, -0.05) is 275 Å². The average molecular weight is 1520 g/mol. The minimum atomic E-state index is -5.01. The SMILES string of the molecule is CC/C=C\C/C=C\C/C=C\C/C=C\C/C=C\CCCCCC(=O)OCC(COP(=O)(O)OCC(O)COP(=O)(O)OCC(COC(=O)CCC/C=C\C/C=C\C/C=C\C/C=C\C/C=C\CC)OC(=O)CCCCCCC/C=C\C/C=C\C/C=C\CC)OC(=O)CCCCCCC/C=C\CCCCCCCC. The van der Waals surface area contributed by atoms with Crippen molar-refractivity contribution in [2.75, 3.05) is 39.6 Å². The Balaban J connectivity index is 5.48. The predicted molar refractivity (Wildman–Crippen MR) is 436 cm³/mol. The van der Waals surface area contributed by atoms with Gasteiger partial charge in [-0.3, -0.25) is 37.3 Å². The summed E-state index contributed by atoms with van der Waals surface area (Å²) in [6, 6.07) is 0. The van der Waals surface area contributed by atoms with Crippen molar-refractivity contribution in [2.24, 2.45) is 0 Å². The van der Waals surface area contributed by atoms with Crippen LogP contribution in [0.4, 0.5) is 0 Å². The van der Waals surface area contributed by atoms with Crippen LogP contribution in [0.5, 0.6) is 0 Å². The van der Waals surface area contributed by atoms with Gasteiger partial charge in [0, 0.05) is 25.7 Å². The highest BCUT2D eigenvalue weighted by Gasteiger charge is 2.30. The fourth-order valence-electron chi connectivity index (χ4n) is 10.1. The molecule has 106 heavy (non-hydrogen) atoms. The van der Waals surface area contributed by atoms with Crippen molar-refractivity contribution in [1.29, 1.82) is 0 Å². The van der Waals surface area contributed by atoms with Gasteiger partial charge >= 0.3 is 39.5 Å². The molecule has 0 heterocycles. The second-order valence-corrected chi connectivity index (χ2v) is 29.1. The molecule has 0 fully saturated rings. The number of esters is 4. The lowest BCUT2D eigenvalue weighted by molar-refractivity contribution is -0.161. The zero-order valence-electron chi connectivity index (χ0n) is 65.8. The summed E-state index contributed by atoms with van der Waals surface area (Å²) in [4.78, 5) is 73.1. The summed E-state index contributed by atoms with van der Waals surface area (Å²) in [6.45, 7) is 4.39. The summed E-state index contributed by atoms with van der Waals surface area (Å²) >= 11 is 0. The molecule has 0 saturated carbocycles. The largest absolute Gasteiger partial charge is 0.472 e. The van der Waals surface area contributed by atoms with E-state index in [1.807, 2.05) is 12.2 Å². The first-order valence-corrected chi connectivity index (χ1v) is 43.4. The Morgan fingerprint density at radius 2 is 0.500 bits per heavy atom. The number of aliphatic hydroxyl groups excluding tert-OH is 1. The van der Waals surface area contributed by atoms with Crippen molar-refractivity contribution in [3.63, 3.8) is 0 Å². The zero-order valence-corrected chi connectivity index (χ0v) is 67.6. The van der Waals surface area contributed by atoms with E-state index in [0.717, 1.165) is 173 Å². The second-order valence-electron chi connectivity index (χ2n) is 26.2. The lowest BCUT2D eigenvalue weighted by atomic mass is 10.1. The summed E-state index contributed by atoms with van der Waals surface area (Å²) in [5.41, 5.74) is 0. The number of carbonyl (C=O) groups is 4. The van der Waals surface area contributed by atoms with E-state index in [9.17, 15) is 43.2 Å². The van der Waals surface area contributed by atoms with Crippen LogP contribution in [0.15, 0.2) is 170 Å². The molecule has 0 saturated heterocycles. The smallest absolute Gasteiger partial charge is 0.462 e. The van der Waals surface area contributed by atoms with Crippen molar-refractivity contribution < 1.29 is 80.2 Å². The number of phosphoric ester groups is 2. The second kappa shape index (κ2) is 77.6. The Kier molecular flexibility index (Phi) is 73.5. The molecule has 17 nitrogen and oxygen atoms in total. The van der Waals surface area contributed by atoms with Crippen molar-refractivity contribution in [3.8, 4) is 0 Å². The molecule has 0 amide bonds. The number of hydrogen-bond donors (Lipinski definition) is 3. The van der Waals surface area contributed by atoms with Crippen molar-refractivity contribution in [3.05, 3.63) is 170 Å². The number of phosphoric acid groups is 2. The normalized spacial score (nSPS) is 14.7. The molecule has 0 aliphatic rings. The van der Waals surface area contributed by atoms with E-state index in [4.69, 9.17) is 37.0 Å². The summed E-state index contributed by atoms with van der Waals surface area (Å²) in [7, 11) is -10.0. The number of rotatable bonds is 74. The van der Waals surface area contributed by atoms with Gasteiger partial charge in [0.25, 0.3) is 0 Å². The number of ether oxygens (including phenoxy) is 4. The molecule has 0 aromatic heterocycles. The third kappa shape index (κ3) is 76.6. The van der Waals surface area contributed by atoms with E-state index in [0.29, 0.717) is 32.1 Å². The molecule has 0 radical (unpaired) electrons. The van der Waals surface area contributed by atoms with Gasteiger partial charge in [0.2, 0.25) is 0 Å². The van der Waals surface area contributed by atoms with E-state index < -0.39 is 97.5 Å². The minimum absolute atomic E-state index is 0.0565. The Hall–Kier alpha value is -5.58. The Labute approximate surface area is 642 Å². The van der Waals surface area contributed by atoms with Crippen LogP contribution in [0.3, 0.4) is 0 Å². The van der Waals surface area contributed by atoms with Gasteiger partial charge < -0.3 is 33.8 Å². The van der Waals surface area contributed by atoms with Crippen LogP contribution in [0.1, 0.15) is 297 Å². The first kappa shape index (κ1) is 100.